The van der Waals surface area contributed by atoms with Crippen LogP contribution in [0, 0.1) is 5.92 Å². The molecule has 0 N–H and O–H groups in total. The fraction of sp³-hybridized carbons (Fsp3) is 0.647. The van der Waals surface area contributed by atoms with E-state index in [9.17, 15) is 13.2 Å². The van der Waals surface area contributed by atoms with Crippen LogP contribution in [0.5, 0.6) is 5.88 Å². The van der Waals surface area contributed by atoms with Crippen LogP contribution >= 0.6 is 0 Å². The number of hydrogen-bond donors (Lipinski definition) is 0. The lowest BCUT2D eigenvalue weighted by Crippen LogP contribution is -2.44. The number of sulfonamides is 1. The predicted octanol–water partition coefficient (Wildman–Crippen LogP) is 1.89. The molecule has 0 radical (unpaired) electrons. The van der Waals surface area contributed by atoms with E-state index in [0.29, 0.717) is 43.9 Å². The van der Waals surface area contributed by atoms with Gasteiger partial charge in [0, 0.05) is 32.3 Å². The monoisotopic (exact) mass is 369 g/mol. The number of anilines is 1. The summed E-state index contributed by atoms with van der Waals surface area (Å²) in [4.78, 5) is 18.4. The molecule has 25 heavy (non-hydrogen) atoms. The summed E-state index contributed by atoms with van der Waals surface area (Å²) in [5, 5.41) is 0. The molecule has 1 aromatic rings. The topological polar surface area (TPSA) is 79.8 Å². The van der Waals surface area contributed by atoms with E-state index in [4.69, 9.17) is 4.74 Å². The first-order valence-electron chi connectivity index (χ1n) is 8.65. The van der Waals surface area contributed by atoms with Crippen LogP contribution in [0.3, 0.4) is 0 Å². The molecule has 1 saturated heterocycles. The van der Waals surface area contributed by atoms with E-state index in [1.54, 1.807) is 30.3 Å². The summed E-state index contributed by atoms with van der Waals surface area (Å²) in [6.07, 6.45) is 4.21. The van der Waals surface area contributed by atoms with Gasteiger partial charge in [0.25, 0.3) is 0 Å². The maximum absolute atomic E-state index is 12.8. The number of methoxy groups -OCH3 is 1. The Morgan fingerprint density at radius 2 is 2.08 bits per heavy atom. The zero-order valence-electron chi connectivity index (χ0n) is 15.1. The molecule has 8 heteroatoms. The molecule has 0 unspecified atom stereocenters. The maximum atomic E-state index is 12.8. The van der Waals surface area contributed by atoms with E-state index in [1.165, 1.54) is 11.4 Å². The number of carbonyl (C=O) groups excluding carboxylic acids is 1. The van der Waals surface area contributed by atoms with Crippen LogP contribution in [0.1, 0.15) is 32.6 Å². The molecular formula is C17H27N3O4S. The van der Waals surface area contributed by atoms with Gasteiger partial charge >= 0.3 is 0 Å². The van der Waals surface area contributed by atoms with Crippen molar-refractivity contribution in [2.75, 3.05) is 37.9 Å². The number of amides is 1. The van der Waals surface area contributed by atoms with Crippen LogP contribution in [0.4, 0.5) is 5.69 Å². The fourth-order valence-electron chi connectivity index (χ4n) is 3.02. The zero-order chi connectivity index (χ0) is 18.4. The standard InChI is InChI=1S/C17H27N3O4S/c1-4-5-13-25(22,23)20-11-8-14(9-12-20)17(21)19(2)15-7-6-10-18-16(15)24-3/h6-7,10,14H,4-5,8-9,11-13H2,1-3H3. The molecule has 1 aliphatic heterocycles. The van der Waals surface area contributed by atoms with Gasteiger partial charge in [-0.05, 0) is 31.4 Å². The minimum atomic E-state index is -3.20. The van der Waals surface area contributed by atoms with Gasteiger partial charge in [-0.15, -0.1) is 0 Å². The van der Waals surface area contributed by atoms with Crippen molar-refractivity contribution < 1.29 is 17.9 Å². The normalized spacial score (nSPS) is 16.6. The van der Waals surface area contributed by atoms with Crippen LogP contribution in [0.2, 0.25) is 0 Å². The largest absolute Gasteiger partial charge is 0.480 e. The molecule has 0 bridgehead atoms. The highest BCUT2D eigenvalue weighted by Crippen LogP contribution is 2.28. The number of hydrogen-bond acceptors (Lipinski definition) is 5. The van der Waals surface area contributed by atoms with Crippen molar-refractivity contribution >= 4 is 21.6 Å². The average Bonchev–Trinajstić information content (AvgIpc) is 2.65. The summed E-state index contributed by atoms with van der Waals surface area (Å²) in [7, 11) is 0.0190. The molecule has 0 saturated carbocycles. The lowest BCUT2D eigenvalue weighted by molar-refractivity contribution is -0.123. The van der Waals surface area contributed by atoms with Crippen molar-refractivity contribution in [1.82, 2.24) is 9.29 Å². The van der Waals surface area contributed by atoms with Gasteiger partial charge in [-0.3, -0.25) is 4.79 Å². The first-order chi connectivity index (χ1) is 11.9. The first-order valence-corrected chi connectivity index (χ1v) is 10.3. The van der Waals surface area contributed by atoms with E-state index >= 15 is 0 Å². The van der Waals surface area contributed by atoms with Gasteiger partial charge in [0.1, 0.15) is 5.69 Å². The van der Waals surface area contributed by atoms with Gasteiger partial charge in [0.2, 0.25) is 21.8 Å². The number of rotatable bonds is 7. The second kappa shape index (κ2) is 8.62. The van der Waals surface area contributed by atoms with Crippen molar-refractivity contribution in [3.05, 3.63) is 18.3 Å². The third-order valence-electron chi connectivity index (χ3n) is 4.59. The molecular weight excluding hydrogens is 342 g/mol. The molecule has 1 aromatic heterocycles. The molecule has 1 fully saturated rings. The predicted molar refractivity (Wildman–Crippen MR) is 97.2 cm³/mol. The van der Waals surface area contributed by atoms with Crippen molar-refractivity contribution in [3.63, 3.8) is 0 Å². The lowest BCUT2D eigenvalue weighted by Gasteiger charge is -2.32. The number of piperidine rings is 1. The Morgan fingerprint density at radius 1 is 1.40 bits per heavy atom. The molecule has 0 aromatic carbocycles. The molecule has 2 rings (SSSR count). The fourth-order valence-corrected chi connectivity index (χ4v) is 4.70. The molecule has 0 aliphatic carbocycles. The highest BCUT2D eigenvalue weighted by molar-refractivity contribution is 7.89. The van der Waals surface area contributed by atoms with Gasteiger partial charge in [-0.2, -0.15) is 0 Å². The Labute approximate surface area is 150 Å². The van der Waals surface area contributed by atoms with Gasteiger partial charge < -0.3 is 9.64 Å². The van der Waals surface area contributed by atoms with Gasteiger partial charge in [-0.1, -0.05) is 13.3 Å². The Hall–Kier alpha value is -1.67. The summed E-state index contributed by atoms with van der Waals surface area (Å²) >= 11 is 0. The van der Waals surface area contributed by atoms with E-state index in [-0.39, 0.29) is 17.6 Å². The summed E-state index contributed by atoms with van der Waals surface area (Å²) in [6, 6.07) is 3.54. The first kappa shape index (κ1) is 19.7. The molecule has 0 spiro atoms. The zero-order valence-corrected chi connectivity index (χ0v) is 16.0. The summed E-state index contributed by atoms with van der Waals surface area (Å²) in [6.45, 7) is 2.78. The van der Waals surface area contributed by atoms with Crippen molar-refractivity contribution in [3.8, 4) is 5.88 Å². The van der Waals surface area contributed by atoms with Crippen molar-refractivity contribution in [1.29, 1.82) is 0 Å². The third kappa shape index (κ3) is 4.70. The van der Waals surface area contributed by atoms with Crippen LogP contribution in [-0.2, 0) is 14.8 Å². The van der Waals surface area contributed by atoms with Crippen LogP contribution in [0.15, 0.2) is 18.3 Å². The van der Waals surface area contributed by atoms with E-state index in [0.717, 1.165) is 6.42 Å². The molecule has 0 atom stereocenters. The van der Waals surface area contributed by atoms with Crippen molar-refractivity contribution in [2.45, 2.75) is 32.6 Å². The van der Waals surface area contributed by atoms with E-state index in [2.05, 4.69) is 4.98 Å². The lowest BCUT2D eigenvalue weighted by atomic mass is 9.96. The number of carbonyl (C=O) groups is 1. The summed E-state index contributed by atoms with van der Waals surface area (Å²) in [5.74, 6) is 0.372. The van der Waals surface area contributed by atoms with Crippen molar-refractivity contribution in [2.24, 2.45) is 5.92 Å². The highest BCUT2D eigenvalue weighted by atomic mass is 32.2. The van der Waals surface area contributed by atoms with Crippen LogP contribution in [0.25, 0.3) is 0 Å². The highest BCUT2D eigenvalue weighted by Gasteiger charge is 2.32. The Balaban J connectivity index is 1.99. The quantitative estimate of drug-likeness (QED) is 0.733. The Bertz CT molecular complexity index is 685. The molecule has 7 nitrogen and oxygen atoms in total. The SMILES string of the molecule is CCCCS(=O)(=O)N1CCC(C(=O)N(C)c2cccnc2OC)CC1. The molecule has 140 valence electrons. The second-order valence-electron chi connectivity index (χ2n) is 6.27. The van der Waals surface area contributed by atoms with Crippen LogP contribution in [-0.4, -0.2) is 56.6 Å². The van der Waals surface area contributed by atoms with Gasteiger partial charge in [0.15, 0.2) is 0 Å². The molecule has 1 aliphatic rings. The summed E-state index contributed by atoms with van der Waals surface area (Å²) < 4.78 is 31.3. The summed E-state index contributed by atoms with van der Waals surface area (Å²) in [5.41, 5.74) is 0.619. The average molecular weight is 369 g/mol. The van der Waals surface area contributed by atoms with Gasteiger partial charge in [0.05, 0.1) is 12.9 Å². The maximum Gasteiger partial charge on any atom is 0.237 e. The Morgan fingerprint density at radius 3 is 2.68 bits per heavy atom. The number of pyridine rings is 1. The van der Waals surface area contributed by atoms with Gasteiger partial charge in [-0.25, -0.2) is 17.7 Å². The minimum Gasteiger partial charge on any atom is -0.480 e. The number of nitrogens with zero attached hydrogens (tertiary/aromatic N) is 3. The molecule has 1 amide bonds. The number of ether oxygens (including phenoxy) is 1. The van der Waals surface area contributed by atoms with E-state index in [1.807, 2.05) is 6.92 Å². The third-order valence-corrected chi connectivity index (χ3v) is 6.55. The Kier molecular flexibility index (Phi) is 6.78. The number of unbranched alkanes of at least 4 members (excludes halogenated alkanes) is 1. The number of aromatic nitrogens is 1. The second-order valence-corrected chi connectivity index (χ2v) is 8.36. The van der Waals surface area contributed by atoms with E-state index < -0.39 is 10.0 Å². The van der Waals surface area contributed by atoms with Crippen LogP contribution < -0.4 is 9.64 Å². The molecule has 2 heterocycles. The minimum absolute atomic E-state index is 0.0306. The smallest absolute Gasteiger partial charge is 0.237 e.